The van der Waals surface area contributed by atoms with Crippen LogP contribution in [-0.2, 0) is 9.59 Å². The number of anilines is 1. The summed E-state index contributed by atoms with van der Waals surface area (Å²) < 4.78 is 0. The molecular weight excluding hydrogens is 459 g/mol. The van der Waals surface area contributed by atoms with Gasteiger partial charge in [0.2, 0.25) is 5.91 Å². The summed E-state index contributed by atoms with van der Waals surface area (Å²) in [7, 11) is 0. The number of aromatic nitrogens is 1. The first kappa shape index (κ1) is 23.3. The summed E-state index contributed by atoms with van der Waals surface area (Å²) in [5.74, 6) is -0.970. The first-order valence-corrected chi connectivity index (χ1v) is 11.4. The normalized spacial score (nSPS) is 22.9. The van der Waals surface area contributed by atoms with Crippen LogP contribution in [-0.4, -0.2) is 22.0 Å². The maximum Gasteiger partial charge on any atom is 0.304 e. The van der Waals surface area contributed by atoms with E-state index in [1.165, 1.54) is 0 Å². The van der Waals surface area contributed by atoms with E-state index in [0.717, 1.165) is 16.7 Å². The summed E-state index contributed by atoms with van der Waals surface area (Å²) >= 11 is 12.5. The van der Waals surface area contributed by atoms with Gasteiger partial charge in [0.25, 0.3) is 0 Å². The Hall–Kier alpha value is -2.89. The number of halogens is 2. The highest BCUT2D eigenvalue weighted by atomic mass is 35.5. The lowest BCUT2D eigenvalue weighted by Gasteiger charge is -2.48. The number of rotatable bonds is 5. The van der Waals surface area contributed by atoms with Crippen LogP contribution in [0.5, 0.6) is 0 Å². The number of benzene rings is 2. The highest BCUT2D eigenvalue weighted by molar-refractivity contribution is 6.30. The number of carboxylic acid groups (broad SMARTS) is 1. The third-order valence-corrected chi connectivity index (χ3v) is 6.79. The second-order valence-electron chi connectivity index (χ2n) is 8.81. The fourth-order valence-electron chi connectivity index (χ4n) is 4.80. The lowest BCUT2D eigenvalue weighted by molar-refractivity contribution is -0.145. The van der Waals surface area contributed by atoms with E-state index in [2.05, 4.69) is 4.98 Å². The van der Waals surface area contributed by atoms with Crippen molar-refractivity contribution in [2.45, 2.75) is 38.6 Å². The van der Waals surface area contributed by atoms with Gasteiger partial charge in [-0.25, -0.2) is 4.98 Å². The number of hydrogen-bond donors (Lipinski definition) is 1. The summed E-state index contributed by atoms with van der Waals surface area (Å²) in [4.78, 5) is 32.0. The van der Waals surface area contributed by atoms with Gasteiger partial charge in [-0.1, -0.05) is 60.5 Å². The van der Waals surface area contributed by atoms with Crippen molar-refractivity contribution in [1.29, 1.82) is 0 Å². The van der Waals surface area contributed by atoms with Crippen LogP contribution in [0.3, 0.4) is 0 Å². The van der Waals surface area contributed by atoms with E-state index in [1.54, 1.807) is 36.2 Å². The Bertz CT molecular complexity index is 1200. The standard InChI is InChI=1S/C26H24Cl2N2O3/c1-16-5-4-12-29-24(16)30-23(17-8-10-19(27)11-9-17)21(18-6-3-7-20(28)13-18)14-26(2,25(30)33)15-22(31)32/h3-13,21,23H,14-15H2,1-2H3,(H,31,32)/t21-,23-,26+/m1/s1. The second-order valence-corrected chi connectivity index (χ2v) is 9.69. The van der Waals surface area contributed by atoms with Crippen LogP contribution in [0.2, 0.25) is 10.0 Å². The third kappa shape index (κ3) is 4.61. The van der Waals surface area contributed by atoms with Crippen molar-refractivity contribution in [2.75, 3.05) is 4.90 Å². The summed E-state index contributed by atoms with van der Waals surface area (Å²) in [5, 5.41) is 10.8. The van der Waals surface area contributed by atoms with Crippen LogP contribution in [0.15, 0.2) is 66.9 Å². The molecule has 1 aliphatic heterocycles. The molecule has 1 amide bonds. The monoisotopic (exact) mass is 482 g/mol. The Morgan fingerprint density at radius 3 is 2.45 bits per heavy atom. The van der Waals surface area contributed by atoms with Crippen LogP contribution >= 0.6 is 23.2 Å². The number of nitrogens with zero attached hydrogens (tertiary/aromatic N) is 2. The van der Waals surface area contributed by atoms with Gasteiger partial charge in [0, 0.05) is 22.2 Å². The smallest absolute Gasteiger partial charge is 0.304 e. The number of aryl methyl sites for hydroxylation is 1. The molecule has 1 aliphatic rings. The molecule has 1 saturated heterocycles. The highest BCUT2D eigenvalue weighted by Gasteiger charge is 2.51. The van der Waals surface area contributed by atoms with Crippen molar-refractivity contribution >= 4 is 40.9 Å². The van der Waals surface area contributed by atoms with Gasteiger partial charge in [0.05, 0.1) is 17.9 Å². The number of carboxylic acids is 1. The summed E-state index contributed by atoms with van der Waals surface area (Å²) in [6, 6.07) is 18.2. The molecule has 5 nitrogen and oxygen atoms in total. The number of hydrogen-bond acceptors (Lipinski definition) is 3. The molecule has 1 N–H and O–H groups in total. The molecule has 0 unspecified atom stereocenters. The Morgan fingerprint density at radius 1 is 1.09 bits per heavy atom. The molecule has 3 atom stereocenters. The second kappa shape index (κ2) is 9.16. The molecule has 0 saturated carbocycles. The van der Waals surface area contributed by atoms with Gasteiger partial charge in [-0.15, -0.1) is 0 Å². The Labute approximate surface area is 203 Å². The minimum Gasteiger partial charge on any atom is -0.481 e. The maximum atomic E-state index is 14.0. The lowest BCUT2D eigenvalue weighted by Crippen LogP contribution is -2.53. The predicted molar refractivity (Wildman–Crippen MR) is 130 cm³/mol. The van der Waals surface area contributed by atoms with Gasteiger partial charge in [-0.05, 0) is 60.4 Å². The summed E-state index contributed by atoms with van der Waals surface area (Å²) in [5.41, 5.74) is 1.53. The van der Waals surface area contributed by atoms with E-state index in [-0.39, 0.29) is 18.2 Å². The molecule has 0 bridgehead atoms. The Morgan fingerprint density at radius 2 is 1.82 bits per heavy atom. The van der Waals surface area contributed by atoms with Crippen molar-refractivity contribution < 1.29 is 14.7 Å². The molecule has 0 aliphatic carbocycles. The average molecular weight is 483 g/mol. The number of aliphatic carboxylic acids is 1. The molecule has 3 aromatic rings. The zero-order chi connectivity index (χ0) is 23.8. The van der Waals surface area contributed by atoms with Gasteiger partial charge >= 0.3 is 5.97 Å². The molecule has 4 rings (SSSR count). The SMILES string of the molecule is Cc1cccnc1N1C(=O)[C@](C)(CC(=O)O)C[C@H](c2cccc(Cl)c2)[C@H]1c1ccc(Cl)cc1. The zero-order valence-corrected chi connectivity index (χ0v) is 19.8. The minimum absolute atomic E-state index is 0.215. The number of pyridine rings is 1. The molecule has 33 heavy (non-hydrogen) atoms. The molecule has 2 heterocycles. The van der Waals surface area contributed by atoms with Gasteiger partial charge < -0.3 is 5.11 Å². The Kier molecular flexibility index (Phi) is 6.46. The van der Waals surface area contributed by atoms with Crippen LogP contribution in [0, 0.1) is 12.3 Å². The number of carbonyl (C=O) groups excluding carboxylic acids is 1. The number of piperidine rings is 1. The molecule has 170 valence electrons. The first-order valence-electron chi connectivity index (χ1n) is 10.7. The van der Waals surface area contributed by atoms with Crippen molar-refractivity contribution in [2.24, 2.45) is 5.41 Å². The minimum atomic E-state index is -1.12. The van der Waals surface area contributed by atoms with Crippen molar-refractivity contribution in [3.8, 4) is 0 Å². The summed E-state index contributed by atoms with van der Waals surface area (Å²) in [6.45, 7) is 3.62. The van der Waals surface area contributed by atoms with Crippen molar-refractivity contribution in [1.82, 2.24) is 4.98 Å². The first-order chi connectivity index (χ1) is 15.7. The van der Waals surface area contributed by atoms with E-state index in [9.17, 15) is 14.7 Å². The van der Waals surface area contributed by atoms with Crippen molar-refractivity contribution in [3.63, 3.8) is 0 Å². The van der Waals surface area contributed by atoms with Gasteiger partial charge in [0.1, 0.15) is 5.82 Å². The molecule has 1 aromatic heterocycles. The van der Waals surface area contributed by atoms with Crippen LogP contribution in [0.1, 0.15) is 48.4 Å². The molecule has 0 radical (unpaired) electrons. The summed E-state index contributed by atoms with van der Waals surface area (Å²) in [6.07, 6.45) is 1.72. The van der Waals surface area contributed by atoms with Gasteiger partial charge in [0.15, 0.2) is 0 Å². The van der Waals surface area contributed by atoms with Crippen molar-refractivity contribution in [3.05, 3.63) is 93.6 Å². The molecule has 0 spiro atoms. The largest absolute Gasteiger partial charge is 0.481 e. The van der Waals surface area contributed by atoms with Gasteiger partial charge in [-0.3, -0.25) is 14.5 Å². The molecular formula is C26H24Cl2N2O3. The van der Waals surface area contributed by atoms with E-state index in [4.69, 9.17) is 23.2 Å². The third-order valence-electron chi connectivity index (χ3n) is 6.30. The topological polar surface area (TPSA) is 70.5 Å². The van der Waals surface area contributed by atoms with Crippen LogP contribution in [0.4, 0.5) is 5.82 Å². The van der Waals surface area contributed by atoms with Gasteiger partial charge in [-0.2, -0.15) is 0 Å². The average Bonchev–Trinajstić information content (AvgIpc) is 2.76. The lowest BCUT2D eigenvalue weighted by atomic mass is 9.67. The predicted octanol–water partition coefficient (Wildman–Crippen LogP) is 6.44. The molecule has 1 fully saturated rings. The highest BCUT2D eigenvalue weighted by Crippen LogP contribution is 2.52. The van der Waals surface area contributed by atoms with E-state index < -0.39 is 17.4 Å². The quantitative estimate of drug-likeness (QED) is 0.454. The fraction of sp³-hybridized carbons (Fsp3) is 0.269. The van der Waals surface area contributed by atoms with Crippen LogP contribution in [0.25, 0.3) is 0 Å². The molecule has 2 aromatic carbocycles. The Balaban J connectivity index is 1.97. The number of amides is 1. The molecule has 7 heteroatoms. The fourth-order valence-corrected chi connectivity index (χ4v) is 5.12. The number of carbonyl (C=O) groups is 2. The van der Waals surface area contributed by atoms with E-state index >= 15 is 0 Å². The van der Waals surface area contributed by atoms with E-state index in [0.29, 0.717) is 22.3 Å². The maximum absolute atomic E-state index is 14.0. The van der Waals surface area contributed by atoms with E-state index in [1.807, 2.05) is 49.4 Å². The van der Waals surface area contributed by atoms with Crippen LogP contribution < -0.4 is 4.90 Å². The zero-order valence-electron chi connectivity index (χ0n) is 18.3.